The fourth-order valence-corrected chi connectivity index (χ4v) is 3.59. The van der Waals surface area contributed by atoms with E-state index in [4.69, 9.17) is 16.3 Å². The maximum atomic E-state index is 14.1. The maximum Gasteiger partial charge on any atom is 0.150 e. The second-order valence-corrected chi connectivity index (χ2v) is 6.50. The SMILES string of the molecule is CN(C)c1cc(F)c(Cl)c2c(Br)nn(C3CCCCO3)c12. The minimum Gasteiger partial charge on any atom is -0.376 e. The maximum absolute atomic E-state index is 14.1. The lowest BCUT2D eigenvalue weighted by Gasteiger charge is -2.25. The van der Waals surface area contributed by atoms with Crippen molar-refractivity contribution < 1.29 is 9.13 Å². The Bertz CT molecular complexity index is 683. The molecule has 1 aromatic carbocycles. The van der Waals surface area contributed by atoms with Crippen molar-refractivity contribution in [3.8, 4) is 0 Å². The van der Waals surface area contributed by atoms with Gasteiger partial charge in [-0.1, -0.05) is 11.6 Å². The van der Waals surface area contributed by atoms with Gasteiger partial charge in [0.1, 0.15) is 10.4 Å². The predicted molar refractivity (Wildman–Crippen MR) is 85.6 cm³/mol. The topological polar surface area (TPSA) is 30.3 Å². The highest BCUT2D eigenvalue weighted by atomic mass is 79.9. The van der Waals surface area contributed by atoms with Crippen molar-refractivity contribution in [2.45, 2.75) is 25.5 Å². The van der Waals surface area contributed by atoms with Crippen LogP contribution in [0.1, 0.15) is 25.5 Å². The quantitative estimate of drug-likeness (QED) is 0.780. The first-order valence-electron chi connectivity index (χ1n) is 6.85. The Morgan fingerprint density at radius 3 is 2.86 bits per heavy atom. The Balaban J connectivity index is 2.28. The van der Waals surface area contributed by atoms with Crippen molar-refractivity contribution in [1.82, 2.24) is 9.78 Å². The second-order valence-electron chi connectivity index (χ2n) is 5.37. The number of aromatic nitrogens is 2. The number of hydrogen-bond donors (Lipinski definition) is 0. The van der Waals surface area contributed by atoms with E-state index in [1.54, 1.807) is 0 Å². The van der Waals surface area contributed by atoms with Gasteiger partial charge in [0.15, 0.2) is 6.23 Å². The highest BCUT2D eigenvalue weighted by molar-refractivity contribution is 9.10. The summed E-state index contributed by atoms with van der Waals surface area (Å²) >= 11 is 9.54. The Kier molecular flexibility index (Phi) is 4.12. The zero-order valence-corrected chi connectivity index (χ0v) is 14.2. The summed E-state index contributed by atoms with van der Waals surface area (Å²) in [6.07, 6.45) is 2.92. The minimum atomic E-state index is -0.447. The van der Waals surface area contributed by atoms with E-state index in [0.29, 0.717) is 9.99 Å². The van der Waals surface area contributed by atoms with Crippen LogP contribution in [0.2, 0.25) is 5.02 Å². The molecule has 1 fully saturated rings. The molecular formula is C14H16BrClFN3O. The third-order valence-corrected chi connectivity index (χ3v) is 4.64. The standard InChI is InChI=1S/C14H16BrClFN3O/c1-19(2)9-7-8(17)12(16)11-13(9)20(18-14(11)15)10-5-3-4-6-21-10/h7,10H,3-6H2,1-2H3. The predicted octanol–water partition coefficient (Wildman–Crippen LogP) is 4.36. The molecule has 7 heteroatoms. The summed E-state index contributed by atoms with van der Waals surface area (Å²) in [5, 5.41) is 5.17. The van der Waals surface area contributed by atoms with Gasteiger partial charge in [0.05, 0.1) is 21.6 Å². The largest absolute Gasteiger partial charge is 0.376 e. The fourth-order valence-electron chi connectivity index (χ4n) is 2.68. The molecule has 1 atom stereocenters. The molecule has 0 spiro atoms. The first-order chi connectivity index (χ1) is 10.0. The summed E-state index contributed by atoms with van der Waals surface area (Å²) in [5.74, 6) is -0.447. The van der Waals surface area contributed by atoms with Gasteiger partial charge in [-0.15, -0.1) is 0 Å². The average molecular weight is 377 g/mol. The summed E-state index contributed by atoms with van der Waals surface area (Å²) in [6.45, 7) is 0.718. The number of fused-ring (bicyclic) bond motifs is 1. The smallest absolute Gasteiger partial charge is 0.150 e. The number of halogens is 3. The molecule has 4 nitrogen and oxygen atoms in total. The van der Waals surface area contributed by atoms with Crippen LogP contribution in [0.4, 0.5) is 10.1 Å². The van der Waals surface area contributed by atoms with Gasteiger partial charge in [-0.05, 0) is 35.2 Å². The van der Waals surface area contributed by atoms with E-state index in [-0.39, 0.29) is 11.3 Å². The van der Waals surface area contributed by atoms with Crippen LogP contribution in [-0.2, 0) is 4.74 Å². The lowest BCUT2D eigenvalue weighted by Crippen LogP contribution is -2.20. The summed E-state index contributed by atoms with van der Waals surface area (Å²) in [6, 6.07) is 1.44. The number of hydrogen-bond acceptors (Lipinski definition) is 3. The Hall–Kier alpha value is -0.850. The first-order valence-corrected chi connectivity index (χ1v) is 8.02. The van der Waals surface area contributed by atoms with E-state index < -0.39 is 5.82 Å². The molecule has 0 bridgehead atoms. The second kappa shape index (κ2) is 5.74. The number of nitrogens with zero attached hydrogens (tertiary/aromatic N) is 3. The third-order valence-electron chi connectivity index (χ3n) is 3.71. The number of anilines is 1. The molecule has 1 aliphatic heterocycles. The fraction of sp³-hybridized carbons (Fsp3) is 0.500. The molecule has 0 radical (unpaired) electrons. The monoisotopic (exact) mass is 375 g/mol. The van der Waals surface area contributed by atoms with Gasteiger partial charge in [-0.3, -0.25) is 0 Å². The molecule has 3 rings (SSSR count). The summed E-state index contributed by atoms with van der Waals surface area (Å²) < 4.78 is 22.2. The third kappa shape index (κ3) is 2.53. The molecule has 1 aromatic heterocycles. The lowest BCUT2D eigenvalue weighted by atomic mass is 10.1. The van der Waals surface area contributed by atoms with Crippen molar-refractivity contribution in [3.63, 3.8) is 0 Å². The van der Waals surface area contributed by atoms with Crippen molar-refractivity contribution in [3.05, 3.63) is 21.5 Å². The van der Waals surface area contributed by atoms with Crippen LogP contribution < -0.4 is 4.90 Å². The van der Waals surface area contributed by atoms with E-state index in [0.717, 1.165) is 37.1 Å². The van der Waals surface area contributed by atoms with E-state index in [9.17, 15) is 4.39 Å². The number of rotatable bonds is 2. The molecular weight excluding hydrogens is 361 g/mol. The summed E-state index contributed by atoms with van der Waals surface area (Å²) in [7, 11) is 3.74. The van der Waals surface area contributed by atoms with Crippen LogP contribution in [0.3, 0.4) is 0 Å². The first kappa shape index (κ1) is 15.1. The van der Waals surface area contributed by atoms with Crippen LogP contribution in [-0.4, -0.2) is 30.5 Å². The normalized spacial score (nSPS) is 19.2. The summed E-state index contributed by atoms with van der Waals surface area (Å²) in [5.41, 5.74) is 1.53. The molecule has 0 N–H and O–H groups in total. The van der Waals surface area contributed by atoms with Gasteiger partial charge in [0.25, 0.3) is 0 Å². The minimum absolute atomic E-state index is 0.0875. The van der Waals surface area contributed by atoms with E-state index in [1.165, 1.54) is 6.07 Å². The van der Waals surface area contributed by atoms with Gasteiger partial charge >= 0.3 is 0 Å². The Labute approximate surface area is 135 Å². The highest BCUT2D eigenvalue weighted by Crippen LogP contribution is 2.40. The van der Waals surface area contributed by atoms with Gasteiger partial charge in [0, 0.05) is 26.8 Å². The van der Waals surface area contributed by atoms with E-state index >= 15 is 0 Å². The van der Waals surface area contributed by atoms with Crippen LogP contribution >= 0.6 is 27.5 Å². The Morgan fingerprint density at radius 2 is 2.24 bits per heavy atom. The molecule has 2 heterocycles. The number of benzene rings is 1. The highest BCUT2D eigenvalue weighted by Gasteiger charge is 2.25. The van der Waals surface area contributed by atoms with Gasteiger partial charge < -0.3 is 9.64 Å². The zero-order chi connectivity index (χ0) is 15.1. The van der Waals surface area contributed by atoms with Crippen LogP contribution in [0.25, 0.3) is 10.9 Å². The van der Waals surface area contributed by atoms with E-state index in [2.05, 4.69) is 21.0 Å². The molecule has 0 aliphatic carbocycles. The van der Waals surface area contributed by atoms with Gasteiger partial charge in [-0.25, -0.2) is 9.07 Å². The van der Waals surface area contributed by atoms with Crippen LogP contribution in [0, 0.1) is 5.82 Å². The van der Waals surface area contributed by atoms with Crippen molar-refractivity contribution >= 4 is 44.1 Å². The molecule has 1 aliphatic rings. The molecule has 1 saturated heterocycles. The van der Waals surface area contributed by atoms with E-state index in [1.807, 2.05) is 23.7 Å². The lowest BCUT2D eigenvalue weighted by molar-refractivity contribution is -0.0368. The average Bonchev–Trinajstić information content (AvgIpc) is 2.81. The molecule has 0 amide bonds. The zero-order valence-electron chi connectivity index (χ0n) is 11.9. The number of ether oxygens (including phenoxy) is 1. The molecule has 1 unspecified atom stereocenters. The van der Waals surface area contributed by atoms with Crippen molar-refractivity contribution in [1.29, 1.82) is 0 Å². The van der Waals surface area contributed by atoms with Crippen molar-refractivity contribution in [2.75, 3.05) is 25.6 Å². The molecule has 21 heavy (non-hydrogen) atoms. The molecule has 2 aromatic rings. The molecule has 114 valence electrons. The van der Waals surface area contributed by atoms with Crippen LogP contribution in [0.5, 0.6) is 0 Å². The van der Waals surface area contributed by atoms with Crippen LogP contribution in [0.15, 0.2) is 10.7 Å². The summed E-state index contributed by atoms with van der Waals surface area (Å²) in [4.78, 5) is 1.86. The van der Waals surface area contributed by atoms with Gasteiger partial charge in [0.2, 0.25) is 0 Å². The van der Waals surface area contributed by atoms with Crippen molar-refractivity contribution in [2.24, 2.45) is 0 Å². The molecule has 0 saturated carbocycles. The van der Waals surface area contributed by atoms with Gasteiger partial charge in [-0.2, -0.15) is 5.10 Å². The Morgan fingerprint density at radius 1 is 1.48 bits per heavy atom.